The van der Waals surface area contributed by atoms with E-state index >= 15 is 0 Å². The molecule has 0 saturated heterocycles. The highest BCUT2D eigenvalue weighted by molar-refractivity contribution is 6.11. The minimum absolute atomic E-state index is 0.0802. The molecule has 7 aromatic carbocycles. The lowest BCUT2D eigenvalue weighted by Gasteiger charge is -2.20. The molecule has 0 saturated carbocycles. The largest absolute Gasteiger partial charge is 0.481 e. The van der Waals surface area contributed by atoms with Crippen molar-refractivity contribution in [1.29, 1.82) is 0 Å². The molecule has 0 radical (unpaired) electrons. The maximum absolute atomic E-state index is 6.70. The average Bonchev–Trinajstić information content (AvgIpc) is 3.87. The van der Waals surface area contributed by atoms with Gasteiger partial charge in [-0.1, -0.05) is 109 Å². The van der Waals surface area contributed by atoms with Crippen LogP contribution in [0.1, 0.15) is 11.5 Å². The molecule has 0 amide bonds. The second-order valence-electron chi connectivity index (χ2n) is 13.6. The molecule has 9 aromatic rings. The van der Waals surface area contributed by atoms with Crippen LogP contribution in [-0.2, 0) is 0 Å². The number of rotatable bonds is 4. The number of benzene rings is 7. The van der Waals surface area contributed by atoms with Crippen LogP contribution in [0.2, 0.25) is 0 Å². The molecule has 240 valence electrons. The minimum Gasteiger partial charge on any atom is -0.481 e. The Morgan fingerprint density at radius 1 is 0.471 bits per heavy atom. The Labute approximate surface area is 295 Å². The summed E-state index contributed by atoms with van der Waals surface area (Å²) in [5.74, 6) is 0.937. The fraction of sp³-hybridized carbons (Fsp3) is 0.0417. The molecule has 0 bridgehead atoms. The highest BCUT2D eigenvalue weighted by atomic mass is 16.5. The summed E-state index contributed by atoms with van der Waals surface area (Å²) in [5.41, 5.74) is 13.5. The first kappa shape index (κ1) is 28.3. The summed E-state index contributed by atoms with van der Waals surface area (Å²) in [6, 6.07) is 56.4. The Bertz CT molecular complexity index is 2780. The zero-order valence-electron chi connectivity index (χ0n) is 27.7. The van der Waals surface area contributed by atoms with E-state index in [0.29, 0.717) is 0 Å². The maximum Gasteiger partial charge on any atom is 0.177 e. The minimum atomic E-state index is -0.0802. The molecule has 11 rings (SSSR count). The molecule has 51 heavy (non-hydrogen) atoms. The molecular formula is C48H31NO2. The van der Waals surface area contributed by atoms with Crippen LogP contribution in [0.3, 0.4) is 0 Å². The Balaban J connectivity index is 1.02. The summed E-state index contributed by atoms with van der Waals surface area (Å²) in [6.07, 6.45) is 6.70. The molecule has 1 aliphatic heterocycles. The van der Waals surface area contributed by atoms with E-state index in [4.69, 9.17) is 9.15 Å². The summed E-state index contributed by atoms with van der Waals surface area (Å²) in [5, 5.41) is 4.69. The smallest absolute Gasteiger partial charge is 0.177 e. The van der Waals surface area contributed by atoms with Crippen LogP contribution in [0.25, 0.3) is 82.8 Å². The van der Waals surface area contributed by atoms with Gasteiger partial charge in [-0.25, -0.2) is 0 Å². The first-order valence-corrected chi connectivity index (χ1v) is 17.6. The van der Waals surface area contributed by atoms with Gasteiger partial charge in [0.2, 0.25) is 0 Å². The van der Waals surface area contributed by atoms with Gasteiger partial charge in [-0.05, 0) is 100 Å². The van der Waals surface area contributed by atoms with Crippen LogP contribution in [-0.4, -0.2) is 10.7 Å². The van der Waals surface area contributed by atoms with Crippen molar-refractivity contribution >= 4 is 49.4 Å². The number of hydrogen-bond acceptors (Lipinski definition) is 2. The Morgan fingerprint density at radius 2 is 1.08 bits per heavy atom. The summed E-state index contributed by atoms with van der Waals surface area (Å²) < 4.78 is 15.7. The van der Waals surface area contributed by atoms with E-state index in [0.717, 1.165) is 44.5 Å². The predicted octanol–water partition coefficient (Wildman–Crippen LogP) is 12.7. The quantitative estimate of drug-likeness (QED) is 0.189. The molecule has 0 N–H and O–H groups in total. The van der Waals surface area contributed by atoms with Crippen LogP contribution in [0.15, 0.2) is 180 Å². The van der Waals surface area contributed by atoms with Crippen molar-refractivity contribution < 1.29 is 9.15 Å². The van der Waals surface area contributed by atoms with Crippen molar-refractivity contribution in [3.63, 3.8) is 0 Å². The van der Waals surface area contributed by atoms with Crippen molar-refractivity contribution in [2.45, 2.75) is 12.0 Å². The summed E-state index contributed by atoms with van der Waals surface area (Å²) in [4.78, 5) is 0. The Morgan fingerprint density at radius 3 is 1.75 bits per heavy atom. The van der Waals surface area contributed by atoms with Gasteiger partial charge >= 0.3 is 0 Å². The second-order valence-corrected chi connectivity index (χ2v) is 13.6. The molecule has 3 heteroatoms. The zero-order chi connectivity index (χ0) is 33.5. The fourth-order valence-electron chi connectivity index (χ4n) is 8.30. The molecule has 3 heterocycles. The molecule has 0 spiro atoms. The lowest BCUT2D eigenvalue weighted by atomic mass is 9.90. The summed E-state index contributed by atoms with van der Waals surface area (Å²) in [7, 11) is 0. The maximum atomic E-state index is 6.70. The lowest BCUT2D eigenvalue weighted by Crippen LogP contribution is -2.18. The third-order valence-electron chi connectivity index (χ3n) is 10.7. The number of hydrogen-bond donors (Lipinski definition) is 0. The lowest BCUT2D eigenvalue weighted by molar-refractivity contribution is 0.269. The fourth-order valence-corrected chi connectivity index (χ4v) is 8.30. The van der Waals surface area contributed by atoms with E-state index < -0.39 is 0 Å². The van der Waals surface area contributed by atoms with E-state index in [9.17, 15) is 0 Å². The van der Waals surface area contributed by atoms with Gasteiger partial charge in [0.15, 0.2) is 11.3 Å². The number of fused-ring (bicyclic) bond motifs is 10. The van der Waals surface area contributed by atoms with Crippen molar-refractivity contribution in [2.75, 3.05) is 0 Å². The summed E-state index contributed by atoms with van der Waals surface area (Å²) in [6.45, 7) is 0. The van der Waals surface area contributed by atoms with Gasteiger partial charge < -0.3 is 13.7 Å². The molecule has 2 aromatic heterocycles. The van der Waals surface area contributed by atoms with Gasteiger partial charge in [0.1, 0.15) is 11.7 Å². The average molecular weight is 654 g/mol. The second kappa shape index (κ2) is 11.0. The SMILES string of the molecule is C1=CC2Oc3c(ccc4c3oc3ccc(-c5cc(-c6ccccc6)cc(-c6ccccc6)c5)cc34)C2C=C1n1c2ccccc2c2ccccc21. The van der Waals surface area contributed by atoms with Gasteiger partial charge in [0.05, 0.1) is 11.0 Å². The van der Waals surface area contributed by atoms with Gasteiger partial charge in [0.25, 0.3) is 0 Å². The van der Waals surface area contributed by atoms with Crippen LogP contribution >= 0.6 is 0 Å². The first-order chi connectivity index (χ1) is 25.3. The molecule has 3 nitrogen and oxygen atoms in total. The van der Waals surface area contributed by atoms with Crippen molar-refractivity contribution in [1.82, 2.24) is 4.57 Å². The van der Waals surface area contributed by atoms with E-state index in [1.807, 2.05) is 0 Å². The van der Waals surface area contributed by atoms with E-state index in [2.05, 4.69) is 181 Å². The monoisotopic (exact) mass is 653 g/mol. The third-order valence-corrected chi connectivity index (χ3v) is 10.7. The topological polar surface area (TPSA) is 27.3 Å². The molecule has 2 aliphatic rings. The normalized spacial score (nSPS) is 16.4. The molecular weight excluding hydrogens is 623 g/mol. The number of furan rings is 1. The van der Waals surface area contributed by atoms with E-state index in [-0.39, 0.29) is 12.0 Å². The van der Waals surface area contributed by atoms with Crippen LogP contribution in [0.5, 0.6) is 5.75 Å². The van der Waals surface area contributed by atoms with E-state index in [1.165, 1.54) is 49.6 Å². The first-order valence-electron chi connectivity index (χ1n) is 17.6. The summed E-state index contributed by atoms with van der Waals surface area (Å²) >= 11 is 0. The number of aromatic nitrogens is 1. The van der Waals surface area contributed by atoms with Gasteiger partial charge in [-0.3, -0.25) is 0 Å². The van der Waals surface area contributed by atoms with E-state index in [1.54, 1.807) is 0 Å². The van der Waals surface area contributed by atoms with Crippen LogP contribution in [0, 0.1) is 0 Å². The van der Waals surface area contributed by atoms with Crippen LogP contribution in [0.4, 0.5) is 0 Å². The zero-order valence-corrected chi connectivity index (χ0v) is 27.7. The standard InChI is InChI=1S/C48H31NO2/c1-3-11-30(12-4-1)33-25-34(31-13-5-2-6-14-31)27-35(26-33)32-19-23-45-41(28-32)39-21-22-40-42-29-36(20-24-46(42)51-48(40)47(39)50-45)49-43-17-9-7-15-37(43)38-16-8-10-18-44(38)49/h1-29,42,46H. The van der Waals surface area contributed by atoms with Gasteiger partial charge in [-0.2, -0.15) is 0 Å². The number of nitrogens with zero attached hydrogens (tertiary/aromatic N) is 1. The third kappa shape index (κ3) is 4.38. The highest BCUT2D eigenvalue weighted by Gasteiger charge is 2.36. The Kier molecular flexibility index (Phi) is 6.08. The number of para-hydroxylation sites is 2. The van der Waals surface area contributed by atoms with Gasteiger partial charge in [-0.15, -0.1) is 0 Å². The number of ether oxygens (including phenoxy) is 1. The Hall–Kier alpha value is -6.58. The molecule has 1 aliphatic carbocycles. The number of allylic oxidation sites excluding steroid dienone is 2. The van der Waals surface area contributed by atoms with Crippen molar-refractivity contribution in [2.24, 2.45) is 0 Å². The van der Waals surface area contributed by atoms with Crippen LogP contribution < -0.4 is 4.74 Å². The predicted molar refractivity (Wildman–Crippen MR) is 210 cm³/mol. The molecule has 2 unspecified atom stereocenters. The van der Waals surface area contributed by atoms with Crippen molar-refractivity contribution in [3.8, 4) is 39.1 Å². The van der Waals surface area contributed by atoms with Gasteiger partial charge in [0, 0.05) is 38.7 Å². The van der Waals surface area contributed by atoms with Crippen molar-refractivity contribution in [3.05, 3.63) is 182 Å². The highest BCUT2D eigenvalue weighted by Crippen LogP contribution is 2.49. The molecule has 0 fully saturated rings. The molecule has 2 atom stereocenters.